The molecule has 1 unspecified atom stereocenters. The first-order valence-electron chi connectivity index (χ1n) is 7.78. The predicted octanol–water partition coefficient (Wildman–Crippen LogP) is 2.49. The fraction of sp³-hybridized carbons (Fsp3) is 0.412. The first-order chi connectivity index (χ1) is 11.1. The summed E-state index contributed by atoms with van der Waals surface area (Å²) in [6, 6.07) is 4.19. The first kappa shape index (κ1) is 15.4. The van der Waals surface area contributed by atoms with Gasteiger partial charge in [-0.25, -0.2) is 4.79 Å². The van der Waals surface area contributed by atoms with E-state index >= 15 is 0 Å². The van der Waals surface area contributed by atoms with Crippen molar-refractivity contribution in [1.82, 2.24) is 10.2 Å². The van der Waals surface area contributed by atoms with Crippen LogP contribution in [0.25, 0.3) is 0 Å². The molecule has 1 aliphatic heterocycles. The minimum atomic E-state index is -0.498. The van der Waals surface area contributed by atoms with E-state index in [1.165, 1.54) is 13.2 Å². The molecule has 3 rings (SSSR count). The van der Waals surface area contributed by atoms with Crippen molar-refractivity contribution >= 4 is 11.8 Å². The van der Waals surface area contributed by atoms with Gasteiger partial charge in [0.15, 0.2) is 17.3 Å². The number of Topliss-reactive ketones (excluding diaryl/α,β-unsaturated/α-hetero) is 1. The minimum absolute atomic E-state index is 0.0257. The van der Waals surface area contributed by atoms with Crippen molar-refractivity contribution in [2.75, 3.05) is 13.7 Å². The van der Waals surface area contributed by atoms with Crippen LogP contribution in [0.15, 0.2) is 29.5 Å². The molecular weight excluding hydrogens is 296 g/mol. The number of ether oxygens (including phenoxy) is 1. The number of nitrogens with zero attached hydrogens (tertiary/aromatic N) is 1. The molecule has 0 saturated heterocycles. The maximum Gasteiger partial charge on any atom is 0.322 e. The lowest BCUT2D eigenvalue weighted by molar-refractivity contribution is -0.116. The molecule has 0 radical (unpaired) electrons. The molecule has 0 fully saturated rings. The van der Waals surface area contributed by atoms with Gasteiger partial charge in [-0.1, -0.05) is 6.07 Å². The standard InChI is InChI=1S/C17H20N2O4/c1-3-19-11-5-4-6-13(21)15(11)16(18-17(19)22)10-7-8-12(20)14(9-10)23-2/h7-9,16,20H,3-6H2,1-2H3,(H,18,22). The average molecular weight is 316 g/mol. The van der Waals surface area contributed by atoms with E-state index in [0.717, 1.165) is 24.1 Å². The number of nitrogens with one attached hydrogen (secondary N) is 1. The van der Waals surface area contributed by atoms with E-state index in [9.17, 15) is 14.7 Å². The molecule has 1 atom stereocenters. The number of carbonyl (C=O) groups excluding carboxylic acids is 2. The summed E-state index contributed by atoms with van der Waals surface area (Å²) >= 11 is 0. The molecule has 0 saturated carbocycles. The minimum Gasteiger partial charge on any atom is -0.504 e. The Balaban J connectivity index is 2.11. The van der Waals surface area contributed by atoms with Gasteiger partial charge in [-0.05, 0) is 37.5 Å². The van der Waals surface area contributed by atoms with Gasteiger partial charge in [-0.2, -0.15) is 0 Å². The number of carbonyl (C=O) groups is 2. The first-order valence-corrected chi connectivity index (χ1v) is 7.78. The Kier molecular flexibility index (Phi) is 3.98. The largest absolute Gasteiger partial charge is 0.504 e. The number of benzene rings is 1. The molecule has 2 aliphatic rings. The fourth-order valence-corrected chi connectivity index (χ4v) is 3.31. The highest BCUT2D eigenvalue weighted by molar-refractivity contribution is 6.01. The molecule has 2 amide bonds. The van der Waals surface area contributed by atoms with E-state index in [-0.39, 0.29) is 17.6 Å². The van der Waals surface area contributed by atoms with Gasteiger partial charge in [-0.15, -0.1) is 0 Å². The number of methoxy groups -OCH3 is 1. The molecule has 0 aromatic heterocycles. The number of hydrogen-bond donors (Lipinski definition) is 2. The van der Waals surface area contributed by atoms with Crippen molar-refractivity contribution in [3.05, 3.63) is 35.0 Å². The number of hydrogen-bond acceptors (Lipinski definition) is 4. The zero-order valence-corrected chi connectivity index (χ0v) is 13.3. The number of aromatic hydroxyl groups is 1. The van der Waals surface area contributed by atoms with Crippen molar-refractivity contribution < 1.29 is 19.4 Å². The summed E-state index contributed by atoms with van der Waals surface area (Å²) in [5.41, 5.74) is 2.21. The van der Waals surface area contributed by atoms with Crippen LogP contribution in [0.3, 0.4) is 0 Å². The van der Waals surface area contributed by atoms with Crippen LogP contribution in [0, 0.1) is 0 Å². The second-order valence-electron chi connectivity index (χ2n) is 5.70. The lowest BCUT2D eigenvalue weighted by Gasteiger charge is -2.38. The van der Waals surface area contributed by atoms with Crippen LogP contribution in [0.1, 0.15) is 37.8 Å². The molecule has 1 aromatic rings. The van der Waals surface area contributed by atoms with Crippen molar-refractivity contribution in [3.8, 4) is 11.5 Å². The summed E-state index contributed by atoms with van der Waals surface area (Å²) in [6.07, 6.45) is 2.00. The summed E-state index contributed by atoms with van der Waals surface area (Å²) in [4.78, 5) is 26.5. The molecule has 6 heteroatoms. The molecule has 0 spiro atoms. The quantitative estimate of drug-likeness (QED) is 0.898. The number of allylic oxidation sites excluding steroid dienone is 1. The Morgan fingerprint density at radius 1 is 1.35 bits per heavy atom. The van der Waals surface area contributed by atoms with Gasteiger partial charge in [0.2, 0.25) is 0 Å². The van der Waals surface area contributed by atoms with E-state index < -0.39 is 6.04 Å². The molecule has 2 N–H and O–H groups in total. The van der Waals surface area contributed by atoms with E-state index in [2.05, 4.69) is 5.32 Å². The maximum absolute atomic E-state index is 12.5. The van der Waals surface area contributed by atoms with Gasteiger partial charge in [-0.3, -0.25) is 9.69 Å². The van der Waals surface area contributed by atoms with Crippen LogP contribution < -0.4 is 10.1 Å². The summed E-state index contributed by atoms with van der Waals surface area (Å²) in [5, 5.41) is 12.7. The lowest BCUT2D eigenvalue weighted by atomic mass is 9.84. The summed E-state index contributed by atoms with van der Waals surface area (Å²) < 4.78 is 5.13. The SMILES string of the molecule is CCN1C(=O)NC(c2ccc(O)c(OC)c2)C2=C1CCCC2=O. The Morgan fingerprint density at radius 3 is 2.83 bits per heavy atom. The normalized spacial score (nSPS) is 21.1. The van der Waals surface area contributed by atoms with Gasteiger partial charge in [0.05, 0.1) is 13.2 Å². The van der Waals surface area contributed by atoms with Gasteiger partial charge >= 0.3 is 6.03 Å². The molecule has 23 heavy (non-hydrogen) atoms. The summed E-state index contributed by atoms with van der Waals surface area (Å²) in [7, 11) is 1.47. The van der Waals surface area contributed by atoms with Gasteiger partial charge < -0.3 is 15.2 Å². The second-order valence-corrected chi connectivity index (χ2v) is 5.70. The Bertz CT molecular complexity index is 696. The number of phenolic OH excluding ortho intramolecular Hbond substituents is 1. The van der Waals surface area contributed by atoms with Crippen LogP contribution >= 0.6 is 0 Å². The van der Waals surface area contributed by atoms with Crippen molar-refractivity contribution in [2.45, 2.75) is 32.2 Å². The molecule has 6 nitrogen and oxygen atoms in total. The lowest BCUT2D eigenvalue weighted by Crippen LogP contribution is -2.49. The topological polar surface area (TPSA) is 78.9 Å². The molecule has 1 aromatic carbocycles. The van der Waals surface area contributed by atoms with Crippen LogP contribution in [-0.4, -0.2) is 35.5 Å². The number of amides is 2. The van der Waals surface area contributed by atoms with Gasteiger partial charge in [0.1, 0.15) is 0 Å². The van der Waals surface area contributed by atoms with Crippen molar-refractivity contribution in [1.29, 1.82) is 0 Å². The van der Waals surface area contributed by atoms with Crippen LogP contribution in [0.4, 0.5) is 4.79 Å². The van der Waals surface area contributed by atoms with E-state index in [1.54, 1.807) is 17.0 Å². The van der Waals surface area contributed by atoms with Crippen LogP contribution in [-0.2, 0) is 4.79 Å². The fourth-order valence-electron chi connectivity index (χ4n) is 3.31. The molecule has 1 aliphatic carbocycles. The van der Waals surface area contributed by atoms with E-state index in [0.29, 0.717) is 24.3 Å². The third kappa shape index (κ3) is 2.54. The van der Waals surface area contributed by atoms with Gasteiger partial charge in [0, 0.05) is 24.2 Å². The third-order valence-corrected chi connectivity index (χ3v) is 4.41. The Morgan fingerprint density at radius 2 is 2.13 bits per heavy atom. The average Bonchev–Trinajstić information content (AvgIpc) is 2.55. The molecular formula is C17H20N2O4. The van der Waals surface area contributed by atoms with E-state index in [1.807, 2.05) is 6.92 Å². The van der Waals surface area contributed by atoms with Crippen molar-refractivity contribution in [2.24, 2.45) is 0 Å². The third-order valence-electron chi connectivity index (χ3n) is 4.41. The number of phenols is 1. The number of urea groups is 1. The highest BCUT2D eigenvalue weighted by atomic mass is 16.5. The Labute approximate surface area is 134 Å². The zero-order valence-electron chi connectivity index (χ0n) is 13.3. The van der Waals surface area contributed by atoms with E-state index in [4.69, 9.17) is 4.74 Å². The molecule has 0 bridgehead atoms. The molecule has 122 valence electrons. The number of ketones is 1. The Hall–Kier alpha value is -2.50. The summed E-state index contributed by atoms with van der Waals surface area (Å²) in [5.74, 6) is 0.416. The van der Waals surface area contributed by atoms with Gasteiger partial charge in [0.25, 0.3) is 0 Å². The zero-order chi connectivity index (χ0) is 16.6. The van der Waals surface area contributed by atoms with Crippen LogP contribution in [0.5, 0.6) is 11.5 Å². The maximum atomic E-state index is 12.5. The van der Waals surface area contributed by atoms with Crippen molar-refractivity contribution in [3.63, 3.8) is 0 Å². The second kappa shape index (κ2) is 5.95. The summed E-state index contributed by atoms with van der Waals surface area (Å²) in [6.45, 7) is 2.43. The highest BCUT2D eigenvalue weighted by Gasteiger charge is 2.38. The number of rotatable bonds is 3. The smallest absolute Gasteiger partial charge is 0.322 e. The highest BCUT2D eigenvalue weighted by Crippen LogP contribution is 2.39. The monoisotopic (exact) mass is 316 g/mol. The molecule has 1 heterocycles. The predicted molar refractivity (Wildman–Crippen MR) is 84.2 cm³/mol. The van der Waals surface area contributed by atoms with Crippen LogP contribution in [0.2, 0.25) is 0 Å².